The van der Waals surface area contributed by atoms with Crippen LogP contribution in [-0.2, 0) is 0 Å². The minimum atomic E-state index is 0.305. The molecule has 1 aliphatic carbocycles. The molecule has 0 saturated heterocycles. The maximum absolute atomic E-state index is 9.11. The summed E-state index contributed by atoms with van der Waals surface area (Å²) in [6, 6.07) is 1.25. The minimum Gasteiger partial charge on any atom is -0.396 e. The lowest BCUT2D eigenvalue weighted by Gasteiger charge is -2.41. The molecule has 1 aliphatic rings. The molecule has 1 rings (SSSR count). The van der Waals surface area contributed by atoms with Gasteiger partial charge >= 0.3 is 0 Å². The molecule has 2 N–H and O–H groups in total. The quantitative estimate of drug-likeness (QED) is 0.686. The van der Waals surface area contributed by atoms with Gasteiger partial charge in [0.1, 0.15) is 0 Å². The largest absolute Gasteiger partial charge is 0.396 e. The van der Waals surface area contributed by atoms with Crippen molar-refractivity contribution in [1.29, 1.82) is 0 Å². The lowest BCUT2D eigenvalue weighted by Crippen LogP contribution is -2.48. The lowest BCUT2D eigenvalue weighted by molar-refractivity contribution is 0.101. The van der Waals surface area contributed by atoms with Crippen molar-refractivity contribution in [3.63, 3.8) is 0 Å². The van der Waals surface area contributed by atoms with E-state index in [4.69, 9.17) is 5.11 Å². The second-order valence-electron chi connectivity index (χ2n) is 7.41. The van der Waals surface area contributed by atoms with Crippen molar-refractivity contribution < 1.29 is 5.11 Å². The molecule has 0 aromatic rings. The highest BCUT2D eigenvalue weighted by molar-refractivity contribution is 4.88. The molecule has 0 aromatic carbocycles. The van der Waals surface area contributed by atoms with E-state index in [1.165, 1.54) is 25.8 Å². The summed E-state index contributed by atoms with van der Waals surface area (Å²) in [5, 5.41) is 12.8. The summed E-state index contributed by atoms with van der Waals surface area (Å²) in [5.41, 5.74) is 0. The number of nitrogens with zero attached hydrogens (tertiary/aromatic N) is 1. The topological polar surface area (TPSA) is 35.5 Å². The molecular formula is C18H38N2O. The molecule has 0 amide bonds. The van der Waals surface area contributed by atoms with Crippen LogP contribution in [0.2, 0.25) is 0 Å². The summed E-state index contributed by atoms with van der Waals surface area (Å²) >= 11 is 0. The Labute approximate surface area is 132 Å². The Balaban J connectivity index is 2.66. The predicted molar refractivity (Wildman–Crippen MR) is 91.5 cm³/mol. The Hall–Kier alpha value is -0.120. The van der Waals surface area contributed by atoms with Crippen LogP contribution in [0.25, 0.3) is 0 Å². The molecular weight excluding hydrogens is 260 g/mol. The first-order valence-corrected chi connectivity index (χ1v) is 9.07. The maximum Gasteiger partial charge on any atom is 0.0443 e. The summed E-state index contributed by atoms with van der Waals surface area (Å²) in [6.45, 7) is 15.1. The Morgan fingerprint density at radius 2 is 1.90 bits per heavy atom. The van der Waals surface area contributed by atoms with Crippen molar-refractivity contribution in [1.82, 2.24) is 10.2 Å². The first kappa shape index (κ1) is 18.9. The van der Waals surface area contributed by atoms with E-state index in [0.29, 0.717) is 18.7 Å². The summed E-state index contributed by atoms with van der Waals surface area (Å²) < 4.78 is 0. The van der Waals surface area contributed by atoms with E-state index in [-0.39, 0.29) is 0 Å². The molecule has 0 bridgehead atoms. The van der Waals surface area contributed by atoms with Crippen LogP contribution in [0.5, 0.6) is 0 Å². The van der Waals surface area contributed by atoms with E-state index >= 15 is 0 Å². The predicted octanol–water partition coefficient (Wildman–Crippen LogP) is 3.13. The van der Waals surface area contributed by atoms with Gasteiger partial charge in [-0.2, -0.15) is 0 Å². The Morgan fingerprint density at radius 3 is 2.43 bits per heavy atom. The summed E-state index contributed by atoms with van der Waals surface area (Å²) in [7, 11) is 0. The molecule has 3 atom stereocenters. The molecule has 3 unspecified atom stereocenters. The first-order valence-electron chi connectivity index (χ1n) is 9.07. The van der Waals surface area contributed by atoms with Gasteiger partial charge in [0, 0.05) is 31.8 Å². The fourth-order valence-electron chi connectivity index (χ4n) is 3.77. The molecule has 0 aromatic heterocycles. The Bertz CT molecular complexity index is 268. The number of hydrogen-bond acceptors (Lipinski definition) is 3. The maximum atomic E-state index is 9.11. The van der Waals surface area contributed by atoms with E-state index in [2.05, 4.69) is 44.8 Å². The zero-order valence-corrected chi connectivity index (χ0v) is 14.9. The van der Waals surface area contributed by atoms with Crippen molar-refractivity contribution in [2.45, 2.75) is 72.4 Å². The van der Waals surface area contributed by atoms with Gasteiger partial charge in [-0.3, -0.25) is 0 Å². The smallest absolute Gasteiger partial charge is 0.0443 e. The van der Waals surface area contributed by atoms with Crippen LogP contribution < -0.4 is 5.32 Å². The van der Waals surface area contributed by atoms with Crippen LogP contribution in [0, 0.1) is 17.8 Å². The number of rotatable bonds is 9. The molecule has 1 fully saturated rings. The van der Waals surface area contributed by atoms with Gasteiger partial charge in [0.05, 0.1) is 0 Å². The first-order chi connectivity index (χ1) is 9.99. The Kier molecular flexibility index (Phi) is 8.84. The summed E-state index contributed by atoms with van der Waals surface area (Å²) in [6.07, 6.45) is 4.96. The molecule has 21 heavy (non-hydrogen) atoms. The fraction of sp³-hybridized carbons (Fsp3) is 1.00. The van der Waals surface area contributed by atoms with Crippen molar-refractivity contribution in [3.05, 3.63) is 0 Å². The highest BCUT2D eigenvalue weighted by Crippen LogP contribution is 2.34. The van der Waals surface area contributed by atoms with Crippen molar-refractivity contribution in [3.8, 4) is 0 Å². The van der Waals surface area contributed by atoms with E-state index in [0.717, 1.165) is 37.3 Å². The van der Waals surface area contributed by atoms with Gasteiger partial charge in [0.25, 0.3) is 0 Å². The van der Waals surface area contributed by atoms with Crippen LogP contribution in [0.1, 0.15) is 60.3 Å². The van der Waals surface area contributed by atoms with Gasteiger partial charge in [-0.05, 0) is 63.8 Å². The van der Waals surface area contributed by atoms with Crippen LogP contribution in [0.3, 0.4) is 0 Å². The second kappa shape index (κ2) is 9.81. The van der Waals surface area contributed by atoms with Gasteiger partial charge in [-0.25, -0.2) is 0 Å². The van der Waals surface area contributed by atoms with E-state index in [1.807, 2.05) is 0 Å². The molecule has 0 heterocycles. The number of nitrogens with one attached hydrogen (secondary N) is 1. The third-order valence-corrected chi connectivity index (χ3v) is 5.23. The highest BCUT2D eigenvalue weighted by atomic mass is 16.3. The minimum absolute atomic E-state index is 0.305. The Morgan fingerprint density at radius 1 is 1.19 bits per heavy atom. The molecule has 0 aliphatic heterocycles. The molecule has 3 heteroatoms. The number of aliphatic hydroxyl groups excluding tert-OH is 1. The normalized spacial score (nSPS) is 27.0. The van der Waals surface area contributed by atoms with Gasteiger partial charge in [0.2, 0.25) is 0 Å². The standard InChI is InChI=1S/C18H38N2O/c1-6-19-18-9-8-16(14(2)3)12-17(18)13-20(15(4)5)10-7-11-21/h14-19,21H,6-13H2,1-5H3. The fourth-order valence-corrected chi connectivity index (χ4v) is 3.77. The van der Waals surface area contributed by atoms with E-state index in [9.17, 15) is 0 Å². The van der Waals surface area contributed by atoms with Crippen molar-refractivity contribution in [2.75, 3.05) is 26.2 Å². The van der Waals surface area contributed by atoms with Gasteiger partial charge < -0.3 is 15.3 Å². The zero-order chi connectivity index (χ0) is 15.8. The molecule has 1 saturated carbocycles. The van der Waals surface area contributed by atoms with E-state index < -0.39 is 0 Å². The van der Waals surface area contributed by atoms with Crippen molar-refractivity contribution >= 4 is 0 Å². The second-order valence-corrected chi connectivity index (χ2v) is 7.41. The number of hydrogen-bond donors (Lipinski definition) is 2. The lowest BCUT2D eigenvalue weighted by atomic mass is 9.73. The van der Waals surface area contributed by atoms with Crippen LogP contribution in [-0.4, -0.2) is 48.3 Å². The van der Waals surface area contributed by atoms with Gasteiger partial charge in [-0.15, -0.1) is 0 Å². The van der Waals surface area contributed by atoms with Gasteiger partial charge in [0.15, 0.2) is 0 Å². The van der Waals surface area contributed by atoms with Gasteiger partial charge in [-0.1, -0.05) is 20.8 Å². The third-order valence-electron chi connectivity index (χ3n) is 5.23. The zero-order valence-electron chi connectivity index (χ0n) is 14.9. The monoisotopic (exact) mass is 298 g/mol. The van der Waals surface area contributed by atoms with Crippen molar-refractivity contribution in [2.24, 2.45) is 17.8 Å². The SMILES string of the molecule is CCNC1CCC(C(C)C)CC1CN(CCCO)C(C)C. The van der Waals surface area contributed by atoms with Crippen LogP contribution in [0.4, 0.5) is 0 Å². The molecule has 126 valence electrons. The average molecular weight is 299 g/mol. The third kappa shape index (κ3) is 6.25. The van der Waals surface area contributed by atoms with Crippen LogP contribution >= 0.6 is 0 Å². The summed E-state index contributed by atoms with van der Waals surface area (Å²) in [5.74, 6) is 2.45. The van der Waals surface area contributed by atoms with E-state index in [1.54, 1.807) is 0 Å². The molecule has 3 nitrogen and oxygen atoms in total. The number of aliphatic hydroxyl groups is 1. The average Bonchev–Trinajstić information content (AvgIpc) is 2.44. The summed E-state index contributed by atoms with van der Waals surface area (Å²) in [4.78, 5) is 2.56. The highest BCUT2D eigenvalue weighted by Gasteiger charge is 2.32. The molecule has 0 spiro atoms. The van der Waals surface area contributed by atoms with Crippen LogP contribution in [0.15, 0.2) is 0 Å². The molecule has 0 radical (unpaired) electrons.